The van der Waals surface area contributed by atoms with Crippen LogP contribution in [0.1, 0.15) is 0 Å². The monoisotopic (exact) mass is 712 g/mol. The fourth-order valence-corrected chi connectivity index (χ4v) is 8.78. The van der Waals surface area contributed by atoms with Crippen molar-refractivity contribution in [3.63, 3.8) is 0 Å². The third-order valence-electron chi connectivity index (χ3n) is 11.4. The maximum Gasteiger partial charge on any atom is 0.0619 e. The molecule has 0 atom stereocenters. The lowest BCUT2D eigenvalue weighted by Gasteiger charge is -2.26. The Morgan fingerprint density at radius 1 is 0.250 bits per heavy atom. The Balaban J connectivity index is 1.20. The highest BCUT2D eigenvalue weighted by molar-refractivity contribution is 6.25. The number of aromatic nitrogens is 1. The predicted octanol–water partition coefficient (Wildman–Crippen LogP) is 15.1. The van der Waals surface area contributed by atoms with Gasteiger partial charge in [-0.3, -0.25) is 0 Å². The van der Waals surface area contributed by atoms with Crippen molar-refractivity contribution in [2.24, 2.45) is 0 Å². The molecule has 0 radical (unpaired) electrons. The summed E-state index contributed by atoms with van der Waals surface area (Å²) in [6, 6.07) is 79.6. The largest absolute Gasteiger partial charge is 0.310 e. The molecule has 9 aromatic carbocycles. The molecule has 0 bridgehead atoms. The third-order valence-corrected chi connectivity index (χ3v) is 11.4. The Morgan fingerprint density at radius 2 is 0.625 bits per heavy atom. The smallest absolute Gasteiger partial charge is 0.0619 e. The van der Waals surface area contributed by atoms with Crippen LogP contribution in [0.15, 0.2) is 218 Å². The Bertz CT molecular complexity index is 3190. The molecule has 0 saturated heterocycles. The highest BCUT2D eigenvalue weighted by atomic mass is 15.1. The maximum absolute atomic E-state index is 2.51. The van der Waals surface area contributed by atoms with Gasteiger partial charge in [0.15, 0.2) is 0 Å². The van der Waals surface area contributed by atoms with Gasteiger partial charge in [-0.05, 0) is 92.3 Å². The normalized spacial score (nSPS) is 11.6. The Kier molecular flexibility index (Phi) is 7.53. The van der Waals surface area contributed by atoms with Gasteiger partial charge in [0, 0.05) is 38.6 Å². The van der Waals surface area contributed by atoms with E-state index in [2.05, 4.69) is 228 Å². The number of fused-ring (bicyclic) bond motifs is 10. The first kappa shape index (κ1) is 32.0. The number of anilines is 3. The molecule has 56 heavy (non-hydrogen) atoms. The topological polar surface area (TPSA) is 7.65 Å². The molecule has 0 spiro atoms. The number of nitrogens with zero attached hydrogens (tertiary/aromatic N) is 2. The van der Waals surface area contributed by atoms with E-state index in [1.165, 1.54) is 81.9 Å². The minimum absolute atomic E-state index is 1.10. The van der Waals surface area contributed by atoms with E-state index >= 15 is 0 Å². The molecule has 0 aliphatic heterocycles. The molecule has 0 unspecified atom stereocenters. The summed E-state index contributed by atoms with van der Waals surface area (Å²) in [5.41, 5.74) is 11.7. The summed E-state index contributed by atoms with van der Waals surface area (Å²) in [4.78, 5) is 2.39. The van der Waals surface area contributed by atoms with Crippen LogP contribution in [0.4, 0.5) is 17.1 Å². The highest BCUT2D eigenvalue weighted by Gasteiger charge is 2.19. The van der Waals surface area contributed by atoms with Crippen molar-refractivity contribution in [2.45, 2.75) is 0 Å². The summed E-state index contributed by atoms with van der Waals surface area (Å²) in [7, 11) is 0. The van der Waals surface area contributed by atoms with Crippen molar-refractivity contribution in [2.75, 3.05) is 4.90 Å². The second kappa shape index (κ2) is 13.2. The molecule has 11 aromatic rings. The zero-order chi connectivity index (χ0) is 37.0. The number of rotatable bonds is 5. The molecular formula is C54H36N2. The first-order valence-corrected chi connectivity index (χ1v) is 19.3. The molecule has 0 fully saturated rings. The van der Waals surface area contributed by atoms with E-state index in [1.54, 1.807) is 0 Å². The van der Waals surface area contributed by atoms with Crippen LogP contribution in [0.5, 0.6) is 0 Å². The van der Waals surface area contributed by atoms with Gasteiger partial charge in [-0.2, -0.15) is 0 Å². The molecule has 2 heterocycles. The van der Waals surface area contributed by atoms with Gasteiger partial charge in [-0.1, -0.05) is 170 Å². The molecule has 262 valence electrons. The van der Waals surface area contributed by atoms with E-state index in [4.69, 9.17) is 0 Å². The van der Waals surface area contributed by atoms with E-state index in [0.29, 0.717) is 0 Å². The van der Waals surface area contributed by atoms with Crippen LogP contribution in [0.25, 0.3) is 81.9 Å². The zero-order valence-corrected chi connectivity index (χ0v) is 30.7. The van der Waals surface area contributed by atoms with E-state index in [-0.39, 0.29) is 0 Å². The van der Waals surface area contributed by atoms with Crippen molar-refractivity contribution in [1.29, 1.82) is 0 Å². The average Bonchev–Trinajstić information content (AvgIpc) is 3.63. The first-order valence-electron chi connectivity index (χ1n) is 19.3. The predicted molar refractivity (Wildman–Crippen MR) is 239 cm³/mol. The Hall–Kier alpha value is -7.42. The van der Waals surface area contributed by atoms with Gasteiger partial charge >= 0.3 is 0 Å². The van der Waals surface area contributed by atoms with Crippen LogP contribution < -0.4 is 4.90 Å². The summed E-state index contributed by atoms with van der Waals surface area (Å²) in [5.74, 6) is 0. The SMILES string of the molecule is c1ccc(-c2ccc(N(c3ccc(-c4ccccc4)cc3)c3ccc4c(c3)c3cccc5c6ccccc6c6ccccc6c6ccccc6n4c53)cc2)cc1. The molecule has 0 amide bonds. The van der Waals surface area contributed by atoms with Gasteiger partial charge in [0.1, 0.15) is 0 Å². The van der Waals surface area contributed by atoms with Crippen molar-refractivity contribution in [3.05, 3.63) is 218 Å². The van der Waals surface area contributed by atoms with E-state index in [0.717, 1.165) is 17.1 Å². The van der Waals surface area contributed by atoms with Gasteiger partial charge < -0.3 is 9.30 Å². The molecule has 11 rings (SSSR count). The molecule has 0 aliphatic carbocycles. The van der Waals surface area contributed by atoms with Crippen LogP contribution in [-0.4, -0.2) is 4.40 Å². The third kappa shape index (κ3) is 5.19. The van der Waals surface area contributed by atoms with Gasteiger partial charge in [0.05, 0.1) is 16.6 Å². The van der Waals surface area contributed by atoms with Crippen molar-refractivity contribution in [1.82, 2.24) is 4.40 Å². The second-order valence-corrected chi connectivity index (χ2v) is 14.5. The van der Waals surface area contributed by atoms with Gasteiger partial charge in [-0.25, -0.2) is 0 Å². The molecule has 0 saturated carbocycles. The molecule has 2 aromatic heterocycles. The fourth-order valence-electron chi connectivity index (χ4n) is 8.78. The molecule has 0 N–H and O–H groups in total. The molecule has 0 aliphatic rings. The number of hydrogen-bond donors (Lipinski definition) is 0. The van der Waals surface area contributed by atoms with Crippen LogP contribution >= 0.6 is 0 Å². The first-order chi connectivity index (χ1) is 27.8. The van der Waals surface area contributed by atoms with E-state index in [1.807, 2.05) is 0 Å². The number of benzene rings is 9. The van der Waals surface area contributed by atoms with Gasteiger partial charge in [0.2, 0.25) is 0 Å². The Labute approximate surface area is 325 Å². The minimum atomic E-state index is 1.10. The van der Waals surface area contributed by atoms with Crippen LogP contribution in [0.3, 0.4) is 0 Å². The van der Waals surface area contributed by atoms with Gasteiger partial charge in [-0.15, -0.1) is 0 Å². The summed E-state index contributed by atoms with van der Waals surface area (Å²) in [5, 5.41) is 9.86. The molecular weight excluding hydrogens is 677 g/mol. The summed E-state index contributed by atoms with van der Waals surface area (Å²) < 4.78 is 2.51. The standard InChI is InChI=1S/C54H36N2/c1-3-14-37(15-4-1)39-26-30-41(31-27-39)55(42-32-28-40(29-33-42)38-16-5-2-6-17-38)43-34-35-53-51(36-43)50-24-13-23-49-47-21-10-8-19-45(47)44-18-7-9-20-46(44)48-22-11-12-25-52(48)56(53)54(49)50/h1-36H. The van der Waals surface area contributed by atoms with Crippen LogP contribution in [0, 0.1) is 0 Å². The lowest BCUT2D eigenvalue weighted by atomic mass is 10.0. The summed E-state index contributed by atoms with van der Waals surface area (Å²) in [6.45, 7) is 0. The molecule has 2 nitrogen and oxygen atoms in total. The number of para-hydroxylation sites is 2. The lowest BCUT2D eigenvalue weighted by molar-refractivity contribution is 1.28. The van der Waals surface area contributed by atoms with Crippen molar-refractivity contribution in [3.8, 4) is 22.3 Å². The molecule has 2 heteroatoms. The fraction of sp³-hybridized carbons (Fsp3) is 0. The van der Waals surface area contributed by atoms with Crippen molar-refractivity contribution < 1.29 is 0 Å². The maximum atomic E-state index is 2.51. The van der Waals surface area contributed by atoms with Crippen molar-refractivity contribution >= 4 is 76.7 Å². The average molecular weight is 713 g/mol. The zero-order valence-electron chi connectivity index (χ0n) is 30.7. The quantitative estimate of drug-likeness (QED) is 0.172. The minimum Gasteiger partial charge on any atom is -0.310 e. The summed E-state index contributed by atoms with van der Waals surface area (Å²) >= 11 is 0. The lowest BCUT2D eigenvalue weighted by Crippen LogP contribution is -2.09. The second-order valence-electron chi connectivity index (χ2n) is 14.5. The Morgan fingerprint density at radius 3 is 1.18 bits per heavy atom. The van der Waals surface area contributed by atoms with Gasteiger partial charge in [0.25, 0.3) is 0 Å². The van der Waals surface area contributed by atoms with E-state index in [9.17, 15) is 0 Å². The van der Waals surface area contributed by atoms with Crippen LogP contribution in [0.2, 0.25) is 0 Å². The number of hydrogen-bond acceptors (Lipinski definition) is 1. The van der Waals surface area contributed by atoms with Crippen LogP contribution in [-0.2, 0) is 0 Å². The summed E-state index contributed by atoms with van der Waals surface area (Å²) in [6.07, 6.45) is 0. The van der Waals surface area contributed by atoms with E-state index < -0.39 is 0 Å². The highest BCUT2D eigenvalue weighted by Crippen LogP contribution is 2.42.